The van der Waals surface area contributed by atoms with Gasteiger partial charge in [-0.15, -0.1) is 0 Å². The summed E-state index contributed by atoms with van der Waals surface area (Å²) in [5.41, 5.74) is 0.242. The van der Waals surface area contributed by atoms with Gasteiger partial charge in [-0.3, -0.25) is 10.1 Å². The zero-order valence-electron chi connectivity index (χ0n) is 10.8. The van der Waals surface area contributed by atoms with E-state index < -0.39 is 10.7 Å². The Hall–Kier alpha value is -2.18. The summed E-state index contributed by atoms with van der Waals surface area (Å²) in [6.45, 7) is -0.540. The number of benzene rings is 2. The molecule has 0 radical (unpaired) electrons. The average molecular weight is 312 g/mol. The molecule has 110 valence electrons. The largest absolute Gasteiger partial charge is 0.488 e. The Kier molecular flexibility index (Phi) is 4.72. The van der Waals surface area contributed by atoms with E-state index in [1.807, 2.05) is 0 Å². The maximum atomic E-state index is 13.2. The molecule has 2 aromatic carbocycles. The molecule has 7 heteroatoms. The van der Waals surface area contributed by atoms with E-state index in [0.29, 0.717) is 16.3 Å². The Morgan fingerprint density at radius 1 is 1.33 bits per heavy atom. The summed E-state index contributed by atoms with van der Waals surface area (Å²) in [5, 5.41) is 20.5. The molecule has 0 aliphatic carbocycles. The van der Waals surface area contributed by atoms with E-state index in [-0.39, 0.29) is 24.5 Å². The van der Waals surface area contributed by atoms with Crippen molar-refractivity contribution in [2.75, 3.05) is 0 Å². The zero-order valence-corrected chi connectivity index (χ0v) is 11.5. The van der Waals surface area contributed by atoms with Gasteiger partial charge in [0.05, 0.1) is 17.1 Å². The minimum Gasteiger partial charge on any atom is -0.488 e. The normalized spacial score (nSPS) is 10.4. The van der Waals surface area contributed by atoms with Gasteiger partial charge in [0.1, 0.15) is 18.2 Å². The smallest absolute Gasteiger partial charge is 0.276 e. The predicted molar refractivity (Wildman–Crippen MR) is 74.8 cm³/mol. The van der Waals surface area contributed by atoms with E-state index in [4.69, 9.17) is 16.3 Å². The number of halogens is 2. The fraction of sp³-hybridized carbons (Fsp3) is 0.143. The van der Waals surface area contributed by atoms with Crippen LogP contribution in [0.2, 0.25) is 5.02 Å². The highest BCUT2D eigenvalue weighted by molar-refractivity contribution is 6.31. The van der Waals surface area contributed by atoms with Gasteiger partial charge in [0.2, 0.25) is 0 Å². The van der Waals surface area contributed by atoms with Gasteiger partial charge < -0.3 is 9.84 Å². The first kappa shape index (κ1) is 15.2. The van der Waals surface area contributed by atoms with Gasteiger partial charge >= 0.3 is 0 Å². The van der Waals surface area contributed by atoms with Crippen molar-refractivity contribution in [3.05, 3.63) is 68.5 Å². The molecule has 0 amide bonds. The molecular weight excluding hydrogens is 301 g/mol. The van der Waals surface area contributed by atoms with Crippen molar-refractivity contribution in [1.29, 1.82) is 0 Å². The van der Waals surface area contributed by atoms with Crippen LogP contribution in [0.1, 0.15) is 11.1 Å². The fourth-order valence-electron chi connectivity index (χ4n) is 1.83. The molecule has 21 heavy (non-hydrogen) atoms. The Labute approximate surface area is 124 Å². The molecule has 5 nitrogen and oxygen atoms in total. The van der Waals surface area contributed by atoms with Crippen molar-refractivity contribution in [2.24, 2.45) is 0 Å². The fourth-order valence-corrected chi connectivity index (χ4v) is 2.06. The Balaban J connectivity index is 2.26. The molecule has 0 saturated heterocycles. The lowest BCUT2D eigenvalue weighted by atomic mass is 10.2. The van der Waals surface area contributed by atoms with Crippen molar-refractivity contribution in [3.8, 4) is 5.75 Å². The summed E-state index contributed by atoms with van der Waals surface area (Å²) in [4.78, 5) is 10.3. The minimum atomic E-state index is -0.608. The molecule has 0 aliphatic rings. The number of ether oxygens (including phenoxy) is 1. The number of hydrogen-bond donors (Lipinski definition) is 1. The third-order valence-electron chi connectivity index (χ3n) is 2.86. The van der Waals surface area contributed by atoms with Crippen LogP contribution in [0.25, 0.3) is 0 Å². The van der Waals surface area contributed by atoms with Crippen LogP contribution >= 0.6 is 11.6 Å². The lowest BCUT2D eigenvalue weighted by Gasteiger charge is -2.11. The van der Waals surface area contributed by atoms with Gasteiger partial charge in [-0.1, -0.05) is 17.7 Å². The van der Waals surface area contributed by atoms with Crippen molar-refractivity contribution in [2.45, 2.75) is 13.2 Å². The van der Waals surface area contributed by atoms with Crippen LogP contribution in [0.15, 0.2) is 36.4 Å². The van der Waals surface area contributed by atoms with Crippen LogP contribution in [-0.4, -0.2) is 10.0 Å². The molecule has 2 aromatic rings. The monoisotopic (exact) mass is 311 g/mol. The minimum absolute atomic E-state index is 0.101. The van der Waals surface area contributed by atoms with Crippen LogP contribution in [-0.2, 0) is 13.2 Å². The Morgan fingerprint density at radius 3 is 2.76 bits per heavy atom. The molecule has 0 bridgehead atoms. The summed E-state index contributed by atoms with van der Waals surface area (Å²) < 4.78 is 18.6. The highest BCUT2D eigenvalue weighted by atomic mass is 35.5. The Morgan fingerprint density at radius 2 is 2.10 bits per heavy atom. The number of hydrogen-bond acceptors (Lipinski definition) is 4. The van der Waals surface area contributed by atoms with Crippen LogP contribution in [0.5, 0.6) is 5.75 Å². The van der Waals surface area contributed by atoms with Crippen LogP contribution in [0, 0.1) is 15.9 Å². The molecule has 0 aromatic heterocycles. The first-order chi connectivity index (χ1) is 10.0. The molecular formula is C14H11ClFNO4. The molecule has 0 unspecified atom stereocenters. The number of rotatable bonds is 5. The van der Waals surface area contributed by atoms with Crippen LogP contribution in [0.3, 0.4) is 0 Å². The zero-order chi connectivity index (χ0) is 15.4. The van der Waals surface area contributed by atoms with E-state index in [2.05, 4.69) is 0 Å². The molecule has 0 heterocycles. The number of nitro groups is 1. The van der Waals surface area contributed by atoms with E-state index >= 15 is 0 Å². The molecule has 0 fully saturated rings. The third-order valence-corrected chi connectivity index (χ3v) is 3.21. The van der Waals surface area contributed by atoms with Crippen molar-refractivity contribution in [3.63, 3.8) is 0 Å². The average Bonchev–Trinajstić information content (AvgIpc) is 2.44. The number of nitro benzene ring substituents is 1. The van der Waals surface area contributed by atoms with Crippen LogP contribution in [0.4, 0.5) is 10.1 Å². The summed E-state index contributed by atoms with van der Waals surface area (Å²) in [7, 11) is 0. The molecule has 0 aliphatic heterocycles. The van der Waals surface area contributed by atoms with Gasteiger partial charge in [0.25, 0.3) is 5.69 Å². The van der Waals surface area contributed by atoms with Crippen molar-refractivity contribution < 1.29 is 19.2 Å². The third kappa shape index (κ3) is 3.48. The molecule has 0 atom stereocenters. The summed E-state index contributed by atoms with van der Waals surface area (Å²) in [6, 6.07) is 7.92. The first-order valence-corrected chi connectivity index (χ1v) is 6.34. The lowest BCUT2D eigenvalue weighted by Crippen LogP contribution is -2.03. The number of aliphatic hydroxyl groups is 1. The molecule has 2 rings (SSSR count). The van der Waals surface area contributed by atoms with E-state index in [0.717, 1.165) is 18.2 Å². The lowest BCUT2D eigenvalue weighted by molar-refractivity contribution is -0.385. The number of nitrogens with zero attached hydrogens (tertiary/aromatic N) is 1. The van der Waals surface area contributed by atoms with E-state index in [1.54, 1.807) is 18.2 Å². The topological polar surface area (TPSA) is 72.6 Å². The van der Waals surface area contributed by atoms with Gasteiger partial charge in [-0.05, 0) is 24.3 Å². The van der Waals surface area contributed by atoms with E-state index in [1.165, 1.54) is 0 Å². The van der Waals surface area contributed by atoms with Crippen molar-refractivity contribution in [1.82, 2.24) is 0 Å². The first-order valence-electron chi connectivity index (χ1n) is 5.96. The van der Waals surface area contributed by atoms with Crippen molar-refractivity contribution >= 4 is 17.3 Å². The highest BCUT2D eigenvalue weighted by Gasteiger charge is 2.16. The standard InChI is InChI=1S/C14H11ClFNO4/c15-12-2-1-3-14(11(12)7-18)21-8-9-6-10(16)4-5-13(9)17(19)20/h1-6,18H,7-8H2. The molecule has 0 spiro atoms. The second kappa shape index (κ2) is 6.51. The number of aliphatic hydroxyl groups excluding tert-OH is 1. The maximum absolute atomic E-state index is 13.2. The SMILES string of the molecule is O=[N+]([O-])c1ccc(F)cc1COc1cccc(Cl)c1CO. The Bertz CT molecular complexity index is 678. The van der Waals surface area contributed by atoms with Gasteiger partial charge in [-0.2, -0.15) is 0 Å². The van der Waals surface area contributed by atoms with Gasteiger partial charge in [0, 0.05) is 16.7 Å². The van der Waals surface area contributed by atoms with Gasteiger partial charge in [-0.25, -0.2) is 4.39 Å². The second-order valence-electron chi connectivity index (χ2n) is 4.19. The maximum Gasteiger partial charge on any atom is 0.276 e. The summed E-state index contributed by atoms with van der Waals surface area (Å²) >= 11 is 5.91. The van der Waals surface area contributed by atoms with Gasteiger partial charge in [0.15, 0.2) is 0 Å². The second-order valence-corrected chi connectivity index (χ2v) is 4.60. The summed E-state index contributed by atoms with van der Waals surface area (Å²) in [6.07, 6.45) is 0. The quantitative estimate of drug-likeness (QED) is 0.678. The summed E-state index contributed by atoms with van der Waals surface area (Å²) in [5.74, 6) is -0.295. The van der Waals surface area contributed by atoms with E-state index in [9.17, 15) is 19.6 Å². The molecule has 0 saturated carbocycles. The predicted octanol–water partition coefficient (Wildman–Crippen LogP) is 3.46. The van der Waals surface area contributed by atoms with Crippen LogP contribution < -0.4 is 4.74 Å². The highest BCUT2D eigenvalue weighted by Crippen LogP contribution is 2.28. The molecule has 1 N–H and O–H groups in total.